The molecule has 0 aliphatic rings. The van der Waals surface area contributed by atoms with Crippen molar-refractivity contribution in [2.75, 3.05) is 6.61 Å². The molecular weight excluding hydrogens is 402 g/mol. The number of rotatable bonds is 6. The number of hydrogen-bond donors (Lipinski definition) is 0. The summed E-state index contributed by atoms with van der Waals surface area (Å²) >= 11 is 0. The fraction of sp³-hybridized carbons (Fsp3) is 0.148. The third-order valence-electron chi connectivity index (χ3n) is 5.57. The van der Waals surface area contributed by atoms with Crippen molar-refractivity contribution < 1.29 is 13.9 Å². The Hall–Kier alpha value is -4.17. The molecule has 0 N–H and O–H groups in total. The molecule has 0 aliphatic carbocycles. The molecule has 158 valence electrons. The molecule has 0 bridgehead atoms. The fourth-order valence-electron chi connectivity index (χ4n) is 3.98. The number of carbonyl (C=O) groups is 1. The summed E-state index contributed by atoms with van der Waals surface area (Å²) in [6.45, 7) is 5.99. The van der Waals surface area contributed by atoms with E-state index in [4.69, 9.17) is 9.15 Å². The minimum atomic E-state index is -0.694. The maximum atomic E-state index is 12.6. The van der Waals surface area contributed by atoms with Gasteiger partial charge in [0.15, 0.2) is 0 Å². The first kappa shape index (κ1) is 21.1. The lowest BCUT2D eigenvalue weighted by molar-refractivity contribution is -0.138. The second-order valence-corrected chi connectivity index (χ2v) is 7.46. The van der Waals surface area contributed by atoms with E-state index in [9.17, 15) is 14.9 Å². The highest BCUT2D eigenvalue weighted by atomic mass is 16.5. The van der Waals surface area contributed by atoms with Crippen LogP contribution in [0.25, 0.3) is 21.7 Å². The number of nitrogens with zero attached hydrogens (tertiary/aromatic N) is 1. The first-order valence-electron chi connectivity index (χ1n) is 10.3. The SMILES string of the molecule is C=C(C(=O)OCC)[C@H](Cc1c(C#N)c(=O)oc2ccccc12)c1ccc2ccccc2c1. The topological polar surface area (TPSA) is 80.3 Å². The van der Waals surface area contributed by atoms with Crippen LogP contribution in [0.3, 0.4) is 0 Å². The summed E-state index contributed by atoms with van der Waals surface area (Å²) in [6, 6.07) is 22.9. The lowest BCUT2D eigenvalue weighted by Crippen LogP contribution is -2.18. The van der Waals surface area contributed by atoms with Gasteiger partial charge in [-0.05, 0) is 41.3 Å². The van der Waals surface area contributed by atoms with Crippen molar-refractivity contribution >= 4 is 27.7 Å². The van der Waals surface area contributed by atoms with Crippen LogP contribution in [0, 0.1) is 11.3 Å². The second kappa shape index (κ2) is 8.91. The van der Waals surface area contributed by atoms with E-state index in [-0.39, 0.29) is 24.2 Å². The Morgan fingerprint density at radius 3 is 2.56 bits per heavy atom. The average Bonchev–Trinajstić information content (AvgIpc) is 2.81. The molecule has 0 saturated carbocycles. The first-order chi connectivity index (χ1) is 15.5. The van der Waals surface area contributed by atoms with Gasteiger partial charge in [0.05, 0.1) is 6.61 Å². The van der Waals surface area contributed by atoms with E-state index in [1.807, 2.05) is 54.6 Å². The highest BCUT2D eigenvalue weighted by Gasteiger charge is 2.26. The maximum Gasteiger partial charge on any atom is 0.354 e. The molecule has 0 aliphatic heterocycles. The van der Waals surface area contributed by atoms with E-state index in [1.165, 1.54) is 0 Å². The van der Waals surface area contributed by atoms with Crippen LogP contribution in [0.15, 0.2) is 88.1 Å². The highest BCUT2D eigenvalue weighted by Crippen LogP contribution is 2.33. The van der Waals surface area contributed by atoms with Crippen molar-refractivity contribution in [1.82, 2.24) is 0 Å². The number of ether oxygens (including phenoxy) is 1. The molecule has 1 atom stereocenters. The Morgan fingerprint density at radius 2 is 1.81 bits per heavy atom. The average molecular weight is 423 g/mol. The number of para-hydroxylation sites is 1. The Labute approximate surface area is 185 Å². The zero-order valence-electron chi connectivity index (χ0n) is 17.6. The molecule has 3 aromatic carbocycles. The van der Waals surface area contributed by atoms with Crippen LogP contribution < -0.4 is 5.63 Å². The molecule has 4 aromatic rings. The van der Waals surface area contributed by atoms with Crippen LogP contribution >= 0.6 is 0 Å². The molecule has 0 amide bonds. The summed E-state index contributed by atoms with van der Waals surface area (Å²) in [5.74, 6) is -0.993. The molecule has 0 saturated heterocycles. The van der Waals surface area contributed by atoms with Gasteiger partial charge in [-0.3, -0.25) is 0 Å². The molecule has 4 rings (SSSR count). The fourth-order valence-corrected chi connectivity index (χ4v) is 3.98. The van der Waals surface area contributed by atoms with Crippen molar-refractivity contribution in [3.63, 3.8) is 0 Å². The van der Waals surface area contributed by atoms with E-state index in [1.54, 1.807) is 25.1 Å². The van der Waals surface area contributed by atoms with E-state index < -0.39 is 17.5 Å². The number of nitriles is 1. The number of fused-ring (bicyclic) bond motifs is 2. The predicted molar refractivity (Wildman–Crippen MR) is 123 cm³/mol. The van der Waals surface area contributed by atoms with Crippen LogP contribution in [0.2, 0.25) is 0 Å². The van der Waals surface area contributed by atoms with E-state index in [0.29, 0.717) is 16.5 Å². The Morgan fingerprint density at radius 1 is 1.09 bits per heavy atom. The van der Waals surface area contributed by atoms with Gasteiger partial charge in [0.25, 0.3) is 0 Å². The van der Waals surface area contributed by atoms with Gasteiger partial charge >= 0.3 is 11.6 Å². The normalized spacial score (nSPS) is 11.8. The van der Waals surface area contributed by atoms with Gasteiger partial charge in [0.2, 0.25) is 0 Å². The predicted octanol–water partition coefficient (Wildman–Crippen LogP) is 5.26. The lowest BCUT2D eigenvalue weighted by Gasteiger charge is -2.21. The van der Waals surface area contributed by atoms with Crippen LogP contribution in [0.4, 0.5) is 0 Å². The smallest absolute Gasteiger partial charge is 0.354 e. The quantitative estimate of drug-likeness (QED) is 0.240. The van der Waals surface area contributed by atoms with Crippen molar-refractivity contribution in [1.29, 1.82) is 5.26 Å². The summed E-state index contributed by atoms with van der Waals surface area (Å²) in [4.78, 5) is 25.1. The number of benzene rings is 3. The minimum absolute atomic E-state index is 0.0638. The van der Waals surface area contributed by atoms with Crippen LogP contribution in [-0.2, 0) is 16.0 Å². The van der Waals surface area contributed by atoms with Gasteiger partial charge in [-0.25, -0.2) is 9.59 Å². The Balaban J connectivity index is 1.90. The summed E-state index contributed by atoms with van der Waals surface area (Å²) in [6.07, 6.45) is 0.227. The first-order valence-corrected chi connectivity index (χ1v) is 10.3. The zero-order chi connectivity index (χ0) is 22.7. The molecule has 5 nitrogen and oxygen atoms in total. The Kier molecular flexibility index (Phi) is 5.87. The van der Waals surface area contributed by atoms with Crippen LogP contribution in [0.5, 0.6) is 0 Å². The zero-order valence-corrected chi connectivity index (χ0v) is 17.6. The van der Waals surface area contributed by atoms with E-state index in [2.05, 4.69) is 6.58 Å². The molecule has 1 aromatic heterocycles. The third kappa shape index (κ3) is 3.91. The van der Waals surface area contributed by atoms with Crippen molar-refractivity contribution in [3.8, 4) is 6.07 Å². The van der Waals surface area contributed by atoms with Gasteiger partial charge in [0, 0.05) is 16.9 Å². The summed E-state index contributed by atoms with van der Waals surface area (Å²) in [5, 5.41) is 12.4. The number of hydrogen-bond acceptors (Lipinski definition) is 5. The standard InChI is InChI=1S/C27H21NO4/c1-3-31-26(29)17(2)22(20-13-12-18-8-4-5-9-19(18)14-20)15-23-21-10-6-7-11-25(21)32-27(30)24(23)16-28/h4-14,22H,2-3,15H2,1H3/t22-/m0/s1. The highest BCUT2D eigenvalue weighted by molar-refractivity contribution is 5.91. The Bertz CT molecular complexity index is 1440. The molecule has 32 heavy (non-hydrogen) atoms. The molecule has 1 heterocycles. The van der Waals surface area contributed by atoms with Gasteiger partial charge in [-0.1, -0.05) is 67.2 Å². The molecular formula is C27H21NO4. The van der Waals surface area contributed by atoms with Crippen LogP contribution in [0.1, 0.15) is 29.5 Å². The van der Waals surface area contributed by atoms with Gasteiger partial charge in [0.1, 0.15) is 17.2 Å². The summed E-state index contributed by atoms with van der Waals surface area (Å²) in [7, 11) is 0. The van der Waals surface area contributed by atoms with Crippen molar-refractivity contribution in [2.45, 2.75) is 19.3 Å². The van der Waals surface area contributed by atoms with Gasteiger partial charge in [-0.2, -0.15) is 5.26 Å². The second-order valence-electron chi connectivity index (χ2n) is 7.46. The molecule has 0 spiro atoms. The third-order valence-corrected chi connectivity index (χ3v) is 5.57. The summed E-state index contributed by atoms with van der Waals surface area (Å²) < 4.78 is 10.5. The maximum absolute atomic E-state index is 12.6. The van der Waals surface area contributed by atoms with Gasteiger partial charge < -0.3 is 9.15 Å². The van der Waals surface area contributed by atoms with Crippen molar-refractivity contribution in [3.05, 3.63) is 106 Å². The number of esters is 1. The van der Waals surface area contributed by atoms with E-state index in [0.717, 1.165) is 16.3 Å². The summed E-state index contributed by atoms with van der Waals surface area (Å²) in [5.41, 5.74) is 1.28. The molecule has 0 unspecified atom stereocenters. The minimum Gasteiger partial charge on any atom is -0.463 e. The molecule has 5 heteroatoms. The number of carbonyl (C=O) groups excluding carboxylic acids is 1. The van der Waals surface area contributed by atoms with Crippen LogP contribution in [-0.4, -0.2) is 12.6 Å². The largest absolute Gasteiger partial charge is 0.463 e. The monoisotopic (exact) mass is 423 g/mol. The van der Waals surface area contributed by atoms with Crippen molar-refractivity contribution in [2.24, 2.45) is 0 Å². The lowest BCUT2D eigenvalue weighted by atomic mass is 9.83. The molecule has 0 radical (unpaired) electrons. The molecule has 0 fully saturated rings. The van der Waals surface area contributed by atoms with Gasteiger partial charge in [-0.15, -0.1) is 0 Å². The van der Waals surface area contributed by atoms with E-state index >= 15 is 0 Å².